The SMILES string of the molecule is CCOC(=O)C#CC1O[C@H](CO)[C@@H](O)[C@H]1O. The van der Waals surface area contributed by atoms with Crippen LogP contribution in [0.5, 0.6) is 0 Å². The van der Waals surface area contributed by atoms with E-state index in [9.17, 15) is 15.0 Å². The predicted molar refractivity (Wildman–Crippen MR) is 52.2 cm³/mol. The summed E-state index contributed by atoms with van der Waals surface area (Å²) in [5, 5.41) is 27.6. The summed E-state index contributed by atoms with van der Waals surface area (Å²) in [4.78, 5) is 10.9. The van der Waals surface area contributed by atoms with Crippen molar-refractivity contribution in [2.75, 3.05) is 13.2 Å². The van der Waals surface area contributed by atoms with Crippen LogP contribution in [0, 0.1) is 11.8 Å². The molecule has 0 aromatic rings. The molecule has 0 amide bonds. The summed E-state index contributed by atoms with van der Waals surface area (Å²) in [5.74, 6) is 3.75. The zero-order valence-electron chi connectivity index (χ0n) is 8.79. The van der Waals surface area contributed by atoms with Gasteiger partial charge in [0.25, 0.3) is 0 Å². The van der Waals surface area contributed by atoms with Crippen molar-refractivity contribution in [1.82, 2.24) is 0 Å². The van der Waals surface area contributed by atoms with Gasteiger partial charge in [0.2, 0.25) is 0 Å². The van der Waals surface area contributed by atoms with Gasteiger partial charge in [-0.05, 0) is 6.92 Å². The van der Waals surface area contributed by atoms with E-state index in [4.69, 9.17) is 9.84 Å². The third-order valence-corrected chi connectivity index (χ3v) is 2.13. The van der Waals surface area contributed by atoms with Crippen LogP contribution >= 0.6 is 0 Å². The molecule has 1 rings (SSSR count). The van der Waals surface area contributed by atoms with E-state index < -0.39 is 37.0 Å². The Morgan fingerprint density at radius 3 is 2.62 bits per heavy atom. The normalized spacial score (nSPS) is 33.0. The fourth-order valence-corrected chi connectivity index (χ4v) is 1.32. The molecule has 1 saturated heterocycles. The zero-order chi connectivity index (χ0) is 12.1. The lowest BCUT2D eigenvalue weighted by Crippen LogP contribution is -2.33. The summed E-state index contributed by atoms with van der Waals surface area (Å²) in [7, 11) is 0. The molecule has 1 fully saturated rings. The van der Waals surface area contributed by atoms with Crippen LogP contribution in [-0.4, -0.2) is 58.9 Å². The molecule has 0 spiro atoms. The molecule has 1 unspecified atom stereocenters. The maximum Gasteiger partial charge on any atom is 0.384 e. The maximum absolute atomic E-state index is 10.9. The van der Waals surface area contributed by atoms with Crippen molar-refractivity contribution in [3.8, 4) is 11.8 Å². The molecule has 0 aliphatic carbocycles. The molecule has 4 atom stereocenters. The number of aliphatic hydroxyl groups excluding tert-OH is 3. The van der Waals surface area contributed by atoms with Crippen LogP contribution in [0.4, 0.5) is 0 Å². The Bertz CT molecular complexity index is 304. The third kappa shape index (κ3) is 2.93. The highest BCUT2D eigenvalue weighted by molar-refractivity contribution is 5.88. The second-order valence-electron chi connectivity index (χ2n) is 3.25. The summed E-state index contributed by atoms with van der Waals surface area (Å²) in [6.07, 6.45) is -4.31. The summed E-state index contributed by atoms with van der Waals surface area (Å²) in [6.45, 7) is 1.44. The number of carbonyl (C=O) groups is 1. The second-order valence-corrected chi connectivity index (χ2v) is 3.25. The van der Waals surface area contributed by atoms with Gasteiger partial charge in [0.05, 0.1) is 13.2 Å². The number of hydrogen-bond acceptors (Lipinski definition) is 6. The van der Waals surface area contributed by atoms with Crippen LogP contribution in [0.2, 0.25) is 0 Å². The van der Waals surface area contributed by atoms with Crippen molar-refractivity contribution in [3.63, 3.8) is 0 Å². The molecule has 0 aromatic carbocycles. The molecule has 1 heterocycles. The van der Waals surface area contributed by atoms with Gasteiger partial charge in [-0.1, -0.05) is 5.92 Å². The minimum atomic E-state index is -1.24. The number of ether oxygens (including phenoxy) is 2. The summed E-state index contributed by atoms with van der Waals surface area (Å²) in [5.41, 5.74) is 0. The van der Waals surface area contributed by atoms with Gasteiger partial charge in [0, 0.05) is 5.92 Å². The van der Waals surface area contributed by atoms with Crippen LogP contribution < -0.4 is 0 Å². The number of rotatable bonds is 2. The van der Waals surface area contributed by atoms with Crippen LogP contribution in [0.1, 0.15) is 6.92 Å². The predicted octanol–water partition coefficient (Wildman–Crippen LogP) is -1.97. The minimum absolute atomic E-state index is 0.212. The van der Waals surface area contributed by atoms with Gasteiger partial charge in [0.1, 0.15) is 24.4 Å². The van der Waals surface area contributed by atoms with Crippen LogP contribution in [0.3, 0.4) is 0 Å². The van der Waals surface area contributed by atoms with E-state index >= 15 is 0 Å². The standard InChI is InChI=1S/C10H14O6/c1-2-15-8(12)4-3-6-9(13)10(14)7(5-11)16-6/h6-7,9-11,13-14H,2,5H2,1H3/t6?,7-,9+,10-/m1/s1. The van der Waals surface area contributed by atoms with E-state index in [0.717, 1.165) is 0 Å². The van der Waals surface area contributed by atoms with Crippen molar-refractivity contribution < 1.29 is 29.6 Å². The van der Waals surface area contributed by atoms with Crippen molar-refractivity contribution in [3.05, 3.63) is 0 Å². The lowest BCUT2D eigenvalue weighted by molar-refractivity contribution is -0.136. The first kappa shape index (κ1) is 12.9. The van der Waals surface area contributed by atoms with Crippen molar-refractivity contribution >= 4 is 5.97 Å². The lowest BCUT2D eigenvalue weighted by Gasteiger charge is -2.09. The van der Waals surface area contributed by atoms with E-state index in [2.05, 4.69) is 16.6 Å². The smallest absolute Gasteiger partial charge is 0.384 e. The fraction of sp³-hybridized carbons (Fsp3) is 0.700. The highest BCUT2D eigenvalue weighted by Gasteiger charge is 2.41. The molecule has 0 radical (unpaired) electrons. The van der Waals surface area contributed by atoms with Gasteiger partial charge in [-0.15, -0.1) is 0 Å². The largest absolute Gasteiger partial charge is 0.456 e. The van der Waals surface area contributed by atoms with E-state index in [1.165, 1.54) is 0 Å². The Balaban J connectivity index is 2.59. The highest BCUT2D eigenvalue weighted by Crippen LogP contribution is 2.20. The maximum atomic E-state index is 10.9. The lowest BCUT2D eigenvalue weighted by atomic mass is 10.1. The van der Waals surface area contributed by atoms with Crippen LogP contribution in [0.15, 0.2) is 0 Å². The molecule has 90 valence electrons. The molecule has 0 saturated carbocycles. The molecule has 16 heavy (non-hydrogen) atoms. The molecule has 3 N–H and O–H groups in total. The number of carbonyl (C=O) groups excluding carboxylic acids is 1. The van der Waals surface area contributed by atoms with Gasteiger partial charge in [0.15, 0.2) is 0 Å². The Hall–Kier alpha value is -1.13. The molecular weight excluding hydrogens is 216 g/mol. The molecule has 0 bridgehead atoms. The van der Waals surface area contributed by atoms with Crippen LogP contribution in [-0.2, 0) is 14.3 Å². The minimum Gasteiger partial charge on any atom is -0.456 e. The van der Waals surface area contributed by atoms with Gasteiger partial charge in [-0.3, -0.25) is 0 Å². The Labute approximate surface area is 92.8 Å². The quantitative estimate of drug-likeness (QED) is 0.289. The van der Waals surface area contributed by atoms with E-state index in [-0.39, 0.29) is 6.61 Å². The first-order chi connectivity index (χ1) is 7.60. The number of hydrogen-bond donors (Lipinski definition) is 3. The summed E-state index contributed by atoms with van der Waals surface area (Å²) < 4.78 is 9.59. The zero-order valence-corrected chi connectivity index (χ0v) is 8.79. The number of esters is 1. The van der Waals surface area contributed by atoms with E-state index in [1.54, 1.807) is 6.92 Å². The summed E-state index contributed by atoms with van der Waals surface area (Å²) in [6, 6.07) is 0. The fourth-order valence-electron chi connectivity index (χ4n) is 1.32. The monoisotopic (exact) mass is 230 g/mol. The first-order valence-electron chi connectivity index (χ1n) is 4.90. The van der Waals surface area contributed by atoms with Gasteiger partial charge < -0.3 is 24.8 Å². The molecular formula is C10H14O6. The van der Waals surface area contributed by atoms with E-state index in [1.807, 2.05) is 0 Å². The second kappa shape index (κ2) is 5.82. The van der Waals surface area contributed by atoms with Crippen LogP contribution in [0.25, 0.3) is 0 Å². The van der Waals surface area contributed by atoms with Crippen molar-refractivity contribution in [2.45, 2.75) is 31.3 Å². The van der Waals surface area contributed by atoms with Gasteiger partial charge >= 0.3 is 5.97 Å². The average Bonchev–Trinajstić information content (AvgIpc) is 2.54. The van der Waals surface area contributed by atoms with E-state index in [0.29, 0.717) is 0 Å². The summed E-state index contributed by atoms with van der Waals surface area (Å²) >= 11 is 0. The molecule has 1 aliphatic heterocycles. The van der Waals surface area contributed by atoms with Crippen molar-refractivity contribution in [1.29, 1.82) is 0 Å². The topological polar surface area (TPSA) is 96.2 Å². The molecule has 0 aromatic heterocycles. The molecule has 6 nitrogen and oxygen atoms in total. The first-order valence-corrected chi connectivity index (χ1v) is 4.90. The van der Waals surface area contributed by atoms with Gasteiger partial charge in [-0.25, -0.2) is 4.79 Å². The van der Waals surface area contributed by atoms with Crippen molar-refractivity contribution in [2.24, 2.45) is 0 Å². The van der Waals surface area contributed by atoms with Gasteiger partial charge in [-0.2, -0.15) is 0 Å². The average molecular weight is 230 g/mol. The number of aliphatic hydroxyl groups is 3. The Morgan fingerprint density at radius 1 is 1.44 bits per heavy atom. The molecule has 6 heteroatoms. The molecule has 1 aliphatic rings. The Kier molecular flexibility index (Phi) is 4.71. The highest BCUT2D eigenvalue weighted by atomic mass is 16.6. The third-order valence-electron chi connectivity index (χ3n) is 2.13. The Morgan fingerprint density at radius 2 is 2.12 bits per heavy atom.